The number of rotatable bonds is 8. The maximum absolute atomic E-state index is 13.8. The Kier molecular flexibility index (Phi) is 9.01. The number of aromatic nitrogens is 4. The molecule has 2 aromatic carbocycles. The van der Waals surface area contributed by atoms with Crippen LogP contribution in [0.4, 0.5) is 5.69 Å². The second-order valence-electron chi connectivity index (χ2n) is 12.8. The molecule has 0 aliphatic heterocycles. The van der Waals surface area contributed by atoms with Crippen molar-refractivity contribution >= 4 is 17.5 Å². The number of carbonyl (C=O) groups is 2. The van der Waals surface area contributed by atoms with E-state index in [2.05, 4.69) is 67.5 Å². The molecule has 0 atom stereocenters. The van der Waals surface area contributed by atoms with Crippen molar-refractivity contribution in [1.82, 2.24) is 25.3 Å². The van der Waals surface area contributed by atoms with Crippen LogP contribution < -0.4 is 15.4 Å². The second-order valence-corrected chi connectivity index (χ2v) is 12.8. The maximum atomic E-state index is 13.8. The summed E-state index contributed by atoms with van der Waals surface area (Å²) in [5.41, 5.74) is 5.39. The van der Waals surface area contributed by atoms with Gasteiger partial charge in [0, 0.05) is 23.4 Å². The number of aliphatic hydroxyl groups is 1. The number of benzene rings is 2. The minimum atomic E-state index is -0.380. The van der Waals surface area contributed by atoms with Crippen LogP contribution in [0.5, 0.6) is 5.75 Å². The summed E-state index contributed by atoms with van der Waals surface area (Å²) in [5, 5.41) is 23.5. The first-order valence-corrected chi connectivity index (χ1v) is 14.1. The highest BCUT2D eigenvalue weighted by Gasteiger charge is 2.25. The lowest BCUT2D eigenvalue weighted by molar-refractivity contribution is 0.0938. The van der Waals surface area contributed by atoms with Crippen LogP contribution in [0.1, 0.15) is 79.2 Å². The van der Waals surface area contributed by atoms with E-state index in [4.69, 9.17) is 4.74 Å². The lowest BCUT2D eigenvalue weighted by Gasteiger charge is -2.23. The molecule has 0 fully saturated rings. The Labute approximate surface area is 252 Å². The van der Waals surface area contributed by atoms with Crippen LogP contribution in [0.15, 0.2) is 54.9 Å². The Bertz CT molecular complexity index is 1630. The molecule has 2 aromatic heterocycles. The number of carbonyl (C=O) groups excluding carboxylic acids is 2. The molecule has 43 heavy (non-hydrogen) atoms. The number of anilines is 1. The summed E-state index contributed by atoms with van der Waals surface area (Å²) in [5.74, 6) is -0.184. The normalized spacial score (nSPS) is 11.7. The first-order valence-electron chi connectivity index (χ1n) is 14.1. The average Bonchev–Trinajstić information content (AvgIpc) is 3.44. The summed E-state index contributed by atoms with van der Waals surface area (Å²) in [6, 6.07) is 12.9. The van der Waals surface area contributed by atoms with E-state index in [0.29, 0.717) is 40.5 Å². The molecule has 3 N–H and O–H groups in total. The van der Waals surface area contributed by atoms with Crippen molar-refractivity contribution in [2.24, 2.45) is 5.41 Å². The van der Waals surface area contributed by atoms with Gasteiger partial charge in [0.25, 0.3) is 11.8 Å². The van der Waals surface area contributed by atoms with Crippen LogP contribution in [-0.4, -0.2) is 50.6 Å². The molecular formula is C33H40N6O4. The molecule has 226 valence electrons. The zero-order chi connectivity index (χ0) is 31.5. The van der Waals surface area contributed by atoms with Crippen LogP contribution in [-0.2, 0) is 12.0 Å². The van der Waals surface area contributed by atoms with Gasteiger partial charge < -0.3 is 20.5 Å². The van der Waals surface area contributed by atoms with Gasteiger partial charge in [0.1, 0.15) is 11.4 Å². The first kappa shape index (κ1) is 31.4. The van der Waals surface area contributed by atoms with E-state index in [-0.39, 0.29) is 29.3 Å². The number of nitrogens with zero attached hydrogens (tertiary/aromatic N) is 4. The van der Waals surface area contributed by atoms with E-state index in [9.17, 15) is 14.7 Å². The SMILES string of the molecule is COc1c(C(=O)Nc2cnc(C)c(-c3ccc(C(=O)NCC(C)(C)C)cc3)c2)cc(C(C)(C)C)cc1-n1cc(CO)nn1. The largest absolute Gasteiger partial charge is 0.494 e. The number of aryl methyl sites for hydroxylation is 1. The summed E-state index contributed by atoms with van der Waals surface area (Å²) in [4.78, 5) is 30.9. The molecule has 4 rings (SSSR count). The Morgan fingerprint density at radius 1 is 1.00 bits per heavy atom. The predicted molar refractivity (Wildman–Crippen MR) is 167 cm³/mol. The number of aliphatic hydroxyl groups excluding tert-OH is 1. The third-order valence-electron chi connectivity index (χ3n) is 6.92. The third kappa shape index (κ3) is 7.45. The van der Waals surface area contributed by atoms with Crippen LogP contribution in [0, 0.1) is 12.3 Å². The molecule has 0 saturated carbocycles. The lowest BCUT2D eigenvalue weighted by atomic mass is 9.85. The zero-order valence-corrected chi connectivity index (χ0v) is 26.1. The van der Waals surface area contributed by atoms with E-state index in [1.54, 1.807) is 24.5 Å². The van der Waals surface area contributed by atoms with Crippen molar-refractivity contribution in [3.8, 4) is 22.6 Å². The number of methoxy groups -OCH3 is 1. The number of pyridine rings is 1. The topological polar surface area (TPSA) is 131 Å². The second kappa shape index (κ2) is 12.3. The first-order chi connectivity index (χ1) is 20.2. The number of hydrogen-bond acceptors (Lipinski definition) is 7. The summed E-state index contributed by atoms with van der Waals surface area (Å²) >= 11 is 0. The van der Waals surface area contributed by atoms with E-state index < -0.39 is 0 Å². The van der Waals surface area contributed by atoms with E-state index in [0.717, 1.165) is 22.4 Å². The number of ether oxygens (including phenoxy) is 1. The van der Waals surface area contributed by atoms with Gasteiger partial charge in [0.05, 0.1) is 37.4 Å². The Morgan fingerprint density at radius 3 is 2.28 bits per heavy atom. The average molecular weight is 585 g/mol. The van der Waals surface area contributed by atoms with Gasteiger partial charge in [-0.05, 0) is 59.2 Å². The highest BCUT2D eigenvalue weighted by molar-refractivity contribution is 6.07. The van der Waals surface area contributed by atoms with E-state index in [1.165, 1.54) is 11.8 Å². The number of nitrogens with one attached hydrogen (secondary N) is 2. The quantitative estimate of drug-likeness (QED) is 0.250. The van der Waals surface area contributed by atoms with Gasteiger partial charge in [-0.3, -0.25) is 14.6 Å². The predicted octanol–water partition coefficient (Wildman–Crippen LogP) is 5.46. The number of hydrogen-bond donors (Lipinski definition) is 3. The molecule has 10 nitrogen and oxygen atoms in total. The maximum Gasteiger partial charge on any atom is 0.259 e. The fourth-order valence-corrected chi connectivity index (χ4v) is 4.43. The van der Waals surface area contributed by atoms with Gasteiger partial charge in [-0.1, -0.05) is 58.9 Å². The van der Waals surface area contributed by atoms with Crippen molar-refractivity contribution < 1.29 is 19.4 Å². The summed E-state index contributed by atoms with van der Waals surface area (Å²) in [6.07, 6.45) is 3.21. The van der Waals surface area contributed by atoms with Gasteiger partial charge in [-0.2, -0.15) is 0 Å². The molecule has 0 spiro atoms. The summed E-state index contributed by atoms with van der Waals surface area (Å²) in [7, 11) is 1.49. The van der Waals surface area contributed by atoms with E-state index in [1.807, 2.05) is 37.3 Å². The molecule has 0 aliphatic rings. The molecular weight excluding hydrogens is 544 g/mol. The van der Waals surface area contributed by atoms with Gasteiger partial charge in [0.2, 0.25) is 0 Å². The highest BCUT2D eigenvalue weighted by Crippen LogP contribution is 2.35. The molecule has 10 heteroatoms. The standard InChI is InChI=1S/C33H40N6O4/c1-20-26(21-9-11-22(12-10-21)30(41)35-19-32(2,3)4)15-24(16-34-20)36-31(42)27-13-23(33(5,6)7)14-28(29(27)43-8)39-17-25(18-40)37-38-39/h9-17,40H,18-19H2,1-8H3,(H,35,41)(H,36,42). The van der Waals surface area contributed by atoms with Gasteiger partial charge in [0.15, 0.2) is 5.75 Å². The van der Waals surface area contributed by atoms with Crippen molar-refractivity contribution in [3.63, 3.8) is 0 Å². The van der Waals surface area contributed by atoms with Crippen LogP contribution in [0.2, 0.25) is 0 Å². The fraction of sp³-hybridized carbons (Fsp3) is 0.364. The highest BCUT2D eigenvalue weighted by atomic mass is 16.5. The molecule has 0 unspecified atom stereocenters. The van der Waals surface area contributed by atoms with Crippen LogP contribution in [0.3, 0.4) is 0 Å². The Morgan fingerprint density at radius 2 is 1.70 bits per heavy atom. The Hall–Kier alpha value is -4.57. The monoisotopic (exact) mass is 584 g/mol. The van der Waals surface area contributed by atoms with Crippen molar-refractivity contribution in [2.75, 3.05) is 19.0 Å². The van der Waals surface area contributed by atoms with Crippen molar-refractivity contribution in [1.29, 1.82) is 0 Å². The minimum Gasteiger partial charge on any atom is -0.494 e. The molecule has 2 heterocycles. The van der Waals surface area contributed by atoms with Gasteiger partial charge in [-0.25, -0.2) is 4.68 Å². The molecule has 2 amide bonds. The lowest BCUT2D eigenvalue weighted by Crippen LogP contribution is -2.32. The smallest absolute Gasteiger partial charge is 0.259 e. The van der Waals surface area contributed by atoms with Crippen molar-refractivity contribution in [2.45, 2.75) is 60.5 Å². The third-order valence-corrected chi connectivity index (χ3v) is 6.92. The van der Waals surface area contributed by atoms with Crippen LogP contribution in [0.25, 0.3) is 16.8 Å². The summed E-state index contributed by atoms with van der Waals surface area (Å²) < 4.78 is 7.21. The Balaban J connectivity index is 1.65. The molecule has 4 aromatic rings. The number of amides is 2. The molecule has 0 radical (unpaired) electrons. The summed E-state index contributed by atoms with van der Waals surface area (Å²) in [6.45, 7) is 14.6. The van der Waals surface area contributed by atoms with Crippen molar-refractivity contribution in [3.05, 3.63) is 82.9 Å². The fourth-order valence-electron chi connectivity index (χ4n) is 4.43. The van der Waals surface area contributed by atoms with Crippen LogP contribution >= 0.6 is 0 Å². The zero-order valence-electron chi connectivity index (χ0n) is 26.1. The van der Waals surface area contributed by atoms with Gasteiger partial charge in [-0.15, -0.1) is 5.10 Å². The van der Waals surface area contributed by atoms with Gasteiger partial charge >= 0.3 is 0 Å². The minimum absolute atomic E-state index is 0.0112. The molecule has 0 saturated heterocycles. The van der Waals surface area contributed by atoms with E-state index >= 15 is 0 Å². The molecule has 0 aliphatic carbocycles. The molecule has 0 bridgehead atoms.